The first kappa shape index (κ1) is 14.9. The lowest BCUT2D eigenvalue weighted by atomic mass is 10.1. The third-order valence-electron chi connectivity index (χ3n) is 4.51. The Morgan fingerprint density at radius 3 is 2.55 bits per heavy atom. The molecule has 3 rings (SSSR count). The maximum absolute atomic E-state index is 12.4. The monoisotopic (exact) mass is 302 g/mol. The third-order valence-corrected chi connectivity index (χ3v) is 4.51. The van der Waals surface area contributed by atoms with E-state index in [1.165, 1.54) is 0 Å². The van der Waals surface area contributed by atoms with Crippen LogP contribution in [0.15, 0.2) is 24.3 Å². The fourth-order valence-corrected chi connectivity index (χ4v) is 3.24. The Morgan fingerprint density at radius 1 is 1.23 bits per heavy atom. The Balaban J connectivity index is 1.60. The Bertz CT molecular complexity index is 550. The third kappa shape index (κ3) is 3.08. The van der Waals surface area contributed by atoms with Gasteiger partial charge in [0.1, 0.15) is 5.75 Å². The van der Waals surface area contributed by atoms with Crippen LogP contribution in [0.5, 0.6) is 5.75 Å². The second kappa shape index (κ2) is 6.38. The lowest BCUT2D eigenvalue weighted by Gasteiger charge is -2.20. The zero-order valence-corrected chi connectivity index (χ0v) is 13.0. The Hall–Kier alpha value is -2.04. The number of rotatable bonds is 4. The molecule has 0 spiro atoms. The second-order valence-corrected chi connectivity index (χ2v) is 6.06. The average molecular weight is 302 g/mol. The van der Waals surface area contributed by atoms with Gasteiger partial charge in [-0.05, 0) is 30.5 Å². The molecule has 0 N–H and O–H groups in total. The van der Waals surface area contributed by atoms with Gasteiger partial charge in [0.15, 0.2) is 0 Å². The summed E-state index contributed by atoms with van der Waals surface area (Å²) in [6.45, 7) is 2.80. The van der Waals surface area contributed by atoms with Gasteiger partial charge in [0.2, 0.25) is 11.8 Å². The number of likely N-dealkylation sites (tertiary alicyclic amines) is 2. The Kier molecular flexibility index (Phi) is 4.32. The van der Waals surface area contributed by atoms with Crippen molar-refractivity contribution in [3.05, 3.63) is 29.8 Å². The van der Waals surface area contributed by atoms with Crippen LogP contribution in [-0.2, 0) is 16.1 Å². The van der Waals surface area contributed by atoms with E-state index in [9.17, 15) is 9.59 Å². The number of methoxy groups -OCH3 is 1. The molecule has 0 aromatic heterocycles. The number of carbonyl (C=O) groups is 2. The van der Waals surface area contributed by atoms with Gasteiger partial charge in [-0.3, -0.25) is 9.59 Å². The maximum atomic E-state index is 12.4. The van der Waals surface area contributed by atoms with Gasteiger partial charge in [0.25, 0.3) is 0 Å². The minimum Gasteiger partial charge on any atom is -0.497 e. The first-order valence-corrected chi connectivity index (χ1v) is 7.87. The van der Waals surface area contributed by atoms with Crippen molar-refractivity contribution in [2.75, 3.05) is 26.7 Å². The van der Waals surface area contributed by atoms with Crippen LogP contribution in [-0.4, -0.2) is 48.4 Å². The van der Waals surface area contributed by atoms with E-state index < -0.39 is 0 Å². The minimum absolute atomic E-state index is 0.0772. The maximum Gasteiger partial charge on any atom is 0.227 e. The van der Waals surface area contributed by atoms with Crippen molar-refractivity contribution in [3.63, 3.8) is 0 Å². The molecule has 2 aliphatic rings. The van der Waals surface area contributed by atoms with E-state index in [2.05, 4.69) is 0 Å². The van der Waals surface area contributed by atoms with Crippen LogP contribution < -0.4 is 4.74 Å². The van der Waals surface area contributed by atoms with Gasteiger partial charge in [0.05, 0.1) is 13.0 Å². The quantitative estimate of drug-likeness (QED) is 0.850. The van der Waals surface area contributed by atoms with E-state index in [-0.39, 0.29) is 17.7 Å². The molecule has 2 aliphatic heterocycles. The van der Waals surface area contributed by atoms with Gasteiger partial charge in [-0.2, -0.15) is 0 Å². The van der Waals surface area contributed by atoms with Gasteiger partial charge >= 0.3 is 0 Å². The van der Waals surface area contributed by atoms with Crippen molar-refractivity contribution in [3.8, 4) is 5.75 Å². The van der Waals surface area contributed by atoms with E-state index in [0.717, 1.165) is 37.2 Å². The molecule has 2 saturated heterocycles. The van der Waals surface area contributed by atoms with Crippen LogP contribution in [0.2, 0.25) is 0 Å². The van der Waals surface area contributed by atoms with Gasteiger partial charge in [-0.25, -0.2) is 0 Å². The summed E-state index contributed by atoms with van der Waals surface area (Å²) in [5.74, 6) is 0.874. The number of benzene rings is 1. The highest BCUT2D eigenvalue weighted by atomic mass is 16.5. The summed E-state index contributed by atoms with van der Waals surface area (Å²) in [5.41, 5.74) is 1.06. The van der Waals surface area contributed by atoms with Gasteiger partial charge in [-0.1, -0.05) is 12.1 Å². The molecule has 2 heterocycles. The molecule has 0 radical (unpaired) electrons. The fourth-order valence-electron chi connectivity index (χ4n) is 3.24. The SMILES string of the molecule is COc1ccc(CN2CC(C(=O)N3CCCC3)CC2=O)cc1. The number of hydrogen-bond donors (Lipinski definition) is 0. The predicted molar refractivity (Wildman–Crippen MR) is 82.3 cm³/mol. The highest BCUT2D eigenvalue weighted by Crippen LogP contribution is 2.24. The molecule has 22 heavy (non-hydrogen) atoms. The fraction of sp³-hybridized carbons (Fsp3) is 0.529. The molecular weight excluding hydrogens is 280 g/mol. The van der Waals surface area contributed by atoms with Crippen molar-refractivity contribution >= 4 is 11.8 Å². The Morgan fingerprint density at radius 2 is 1.91 bits per heavy atom. The first-order valence-electron chi connectivity index (χ1n) is 7.87. The van der Waals surface area contributed by atoms with Crippen LogP contribution in [0.3, 0.4) is 0 Å². The van der Waals surface area contributed by atoms with Crippen LogP contribution in [0, 0.1) is 5.92 Å². The van der Waals surface area contributed by atoms with Gasteiger partial charge in [-0.15, -0.1) is 0 Å². The smallest absolute Gasteiger partial charge is 0.227 e. The van der Waals surface area contributed by atoms with Crippen molar-refractivity contribution in [1.82, 2.24) is 9.80 Å². The zero-order valence-electron chi connectivity index (χ0n) is 13.0. The minimum atomic E-state index is -0.163. The van der Waals surface area contributed by atoms with Crippen LogP contribution in [0.4, 0.5) is 0 Å². The molecular formula is C17H22N2O3. The van der Waals surface area contributed by atoms with Crippen LogP contribution in [0.25, 0.3) is 0 Å². The standard InChI is InChI=1S/C17H22N2O3/c1-22-15-6-4-13(5-7-15)11-19-12-14(10-16(19)20)17(21)18-8-2-3-9-18/h4-7,14H,2-3,8-12H2,1H3. The number of carbonyl (C=O) groups excluding carboxylic acids is 2. The summed E-state index contributed by atoms with van der Waals surface area (Å²) < 4.78 is 5.14. The van der Waals surface area contributed by atoms with Crippen LogP contribution in [0.1, 0.15) is 24.8 Å². The summed E-state index contributed by atoms with van der Waals surface area (Å²) in [6.07, 6.45) is 2.52. The zero-order chi connectivity index (χ0) is 15.5. The molecule has 1 aromatic rings. The van der Waals surface area contributed by atoms with Crippen molar-refractivity contribution in [2.45, 2.75) is 25.8 Å². The highest BCUT2D eigenvalue weighted by Gasteiger charge is 2.36. The summed E-state index contributed by atoms with van der Waals surface area (Å²) in [5, 5.41) is 0. The normalized spacial score (nSPS) is 21.5. The van der Waals surface area contributed by atoms with Gasteiger partial charge < -0.3 is 14.5 Å². The van der Waals surface area contributed by atoms with Gasteiger partial charge in [0, 0.05) is 32.6 Å². The molecule has 0 bridgehead atoms. The lowest BCUT2D eigenvalue weighted by Crippen LogP contribution is -2.35. The van der Waals surface area contributed by atoms with E-state index in [1.807, 2.05) is 29.2 Å². The predicted octanol–water partition coefficient (Wildman–Crippen LogP) is 1.67. The summed E-state index contributed by atoms with van der Waals surface area (Å²) in [4.78, 5) is 28.3. The number of nitrogens with zero attached hydrogens (tertiary/aromatic N) is 2. The van der Waals surface area contributed by atoms with E-state index >= 15 is 0 Å². The van der Waals surface area contributed by atoms with E-state index in [0.29, 0.717) is 19.5 Å². The lowest BCUT2D eigenvalue weighted by molar-refractivity contribution is -0.134. The molecule has 5 heteroatoms. The van der Waals surface area contributed by atoms with E-state index in [4.69, 9.17) is 4.74 Å². The van der Waals surface area contributed by atoms with Crippen molar-refractivity contribution < 1.29 is 14.3 Å². The molecule has 0 saturated carbocycles. The molecule has 1 unspecified atom stereocenters. The first-order chi connectivity index (χ1) is 10.7. The molecule has 1 aromatic carbocycles. The summed E-state index contributed by atoms with van der Waals surface area (Å²) in [6, 6.07) is 7.70. The Labute approximate surface area is 130 Å². The molecule has 118 valence electrons. The number of ether oxygens (including phenoxy) is 1. The number of amides is 2. The molecule has 1 atom stereocenters. The summed E-state index contributed by atoms with van der Waals surface area (Å²) >= 11 is 0. The van der Waals surface area contributed by atoms with Crippen molar-refractivity contribution in [1.29, 1.82) is 0 Å². The molecule has 2 fully saturated rings. The van der Waals surface area contributed by atoms with Crippen molar-refractivity contribution in [2.24, 2.45) is 5.92 Å². The number of hydrogen-bond acceptors (Lipinski definition) is 3. The second-order valence-electron chi connectivity index (χ2n) is 6.06. The molecule has 2 amide bonds. The van der Waals surface area contributed by atoms with E-state index in [1.54, 1.807) is 12.0 Å². The highest BCUT2D eigenvalue weighted by molar-refractivity contribution is 5.89. The molecule has 5 nitrogen and oxygen atoms in total. The largest absolute Gasteiger partial charge is 0.497 e. The average Bonchev–Trinajstić information content (AvgIpc) is 3.18. The summed E-state index contributed by atoms with van der Waals surface area (Å²) in [7, 11) is 1.63. The topological polar surface area (TPSA) is 49.9 Å². The molecule has 0 aliphatic carbocycles. The van der Waals surface area contributed by atoms with Crippen LogP contribution >= 0.6 is 0 Å².